The Bertz CT molecular complexity index is 646. The second-order valence-electron chi connectivity index (χ2n) is 7.50. The van der Waals surface area contributed by atoms with Gasteiger partial charge in [0.05, 0.1) is 5.41 Å². The van der Waals surface area contributed by atoms with E-state index in [0.29, 0.717) is 26.2 Å². The van der Waals surface area contributed by atoms with Crippen molar-refractivity contribution >= 4 is 11.9 Å². The zero-order valence-electron chi connectivity index (χ0n) is 15.4. The number of amides is 3. The molecule has 2 saturated heterocycles. The molecule has 0 unspecified atom stereocenters. The summed E-state index contributed by atoms with van der Waals surface area (Å²) in [5.41, 5.74) is 2.03. The van der Waals surface area contributed by atoms with Crippen molar-refractivity contribution in [2.75, 3.05) is 26.2 Å². The lowest BCUT2D eigenvalue weighted by atomic mass is 9.78. The number of carbonyl (C=O) groups excluding carboxylic acids is 2. The van der Waals surface area contributed by atoms with E-state index in [1.165, 1.54) is 11.1 Å². The van der Waals surface area contributed by atoms with Crippen molar-refractivity contribution in [3.8, 4) is 0 Å². The van der Waals surface area contributed by atoms with Crippen LogP contribution in [0.1, 0.15) is 43.7 Å². The predicted octanol–water partition coefficient (Wildman–Crippen LogP) is 2.93. The van der Waals surface area contributed by atoms with Gasteiger partial charge in [-0.2, -0.15) is 0 Å². The van der Waals surface area contributed by atoms with Crippen LogP contribution in [0.3, 0.4) is 0 Å². The third-order valence-corrected chi connectivity index (χ3v) is 5.45. The molecule has 1 aromatic carbocycles. The first kappa shape index (κ1) is 17.8. The molecule has 1 atom stereocenters. The zero-order valence-corrected chi connectivity index (χ0v) is 15.4. The Morgan fingerprint density at radius 3 is 2.88 bits per heavy atom. The van der Waals surface area contributed by atoms with Crippen molar-refractivity contribution in [2.24, 2.45) is 5.41 Å². The maximum absolute atomic E-state index is 13.2. The second-order valence-corrected chi connectivity index (χ2v) is 7.50. The van der Waals surface area contributed by atoms with Gasteiger partial charge in [0, 0.05) is 32.7 Å². The summed E-state index contributed by atoms with van der Waals surface area (Å²) in [5, 5.41) is 2.93. The molecule has 5 nitrogen and oxygen atoms in total. The SMILES string of the molecule is CCCNC(=O)N1CC[C@@]2(CCCN(Cc3cccc(C)c3)C2=O)C1. The van der Waals surface area contributed by atoms with E-state index in [2.05, 4.69) is 30.4 Å². The molecule has 0 aromatic heterocycles. The minimum Gasteiger partial charge on any atom is -0.338 e. The summed E-state index contributed by atoms with van der Waals surface area (Å²) in [4.78, 5) is 29.2. The molecule has 3 rings (SSSR count). The van der Waals surface area contributed by atoms with Gasteiger partial charge in [0.2, 0.25) is 5.91 Å². The number of likely N-dealkylation sites (tertiary alicyclic amines) is 2. The van der Waals surface area contributed by atoms with Gasteiger partial charge in [0.15, 0.2) is 0 Å². The molecule has 3 amide bonds. The van der Waals surface area contributed by atoms with E-state index in [1.807, 2.05) is 22.8 Å². The van der Waals surface area contributed by atoms with E-state index in [-0.39, 0.29) is 17.4 Å². The van der Waals surface area contributed by atoms with E-state index in [0.717, 1.165) is 32.2 Å². The van der Waals surface area contributed by atoms with Crippen LogP contribution in [0.4, 0.5) is 4.79 Å². The zero-order chi connectivity index (χ0) is 17.9. The van der Waals surface area contributed by atoms with Gasteiger partial charge < -0.3 is 15.1 Å². The molecular weight excluding hydrogens is 314 g/mol. The molecule has 1 aromatic rings. The lowest BCUT2D eigenvalue weighted by molar-refractivity contribution is -0.146. The average molecular weight is 343 g/mol. The Morgan fingerprint density at radius 2 is 2.12 bits per heavy atom. The van der Waals surface area contributed by atoms with Gasteiger partial charge >= 0.3 is 6.03 Å². The van der Waals surface area contributed by atoms with Crippen LogP contribution in [-0.4, -0.2) is 47.9 Å². The largest absolute Gasteiger partial charge is 0.338 e. The molecule has 1 spiro atoms. The molecule has 0 aliphatic carbocycles. The van der Waals surface area contributed by atoms with Gasteiger partial charge in [-0.25, -0.2) is 4.79 Å². The summed E-state index contributed by atoms with van der Waals surface area (Å²) < 4.78 is 0. The molecule has 2 aliphatic heterocycles. The van der Waals surface area contributed by atoms with Crippen LogP contribution < -0.4 is 5.32 Å². The molecule has 5 heteroatoms. The van der Waals surface area contributed by atoms with E-state index < -0.39 is 0 Å². The highest BCUT2D eigenvalue weighted by Gasteiger charge is 2.49. The summed E-state index contributed by atoms with van der Waals surface area (Å²) in [6, 6.07) is 8.33. The first-order valence-corrected chi connectivity index (χ1v) is 9.42. The third kappa shape index (κ3) is 3.80. The Labute approximate surface area is 150 Å². The molecule has 25 heavy (non-hydrogen) atoms. The van der Waals surface area contributed by atoms with Gasteiger partial charge in [-0.3, -0.25) is 4.79 Å². The van der Waals surface area contributed by atoms with E-state index in [9.17, 15) is 9.59 Å². The smallest absolute Gasteiger partial charge is 0.317 e. The minimum absolute atomic E-state index is 0.0256. The van der Waals surface area contributed by atoms with Crippen molar-refractivity contribution in [3.05, 3.63) is 35.4 Å². The highest BCUT2D eigenvalue weighted by atomic mass is 16.2. The Morgan fingerprint density at radius 1 is 1.28 bits per heavy atom. The Kier molecular flexibility index (Phi) is 5.30. The first-order chi connectivity index (χ1) is 12.0. The molecule has 2 aliphatic rings. The number of nitrogens with zero attached hydrogens (tertiary/aromatic N) is 2. The second kappa shape index (κ2) is 7.46. The van der Waals surface area contributed by atoms with Crippen LogP contribution >= 0.6 is 0 Å². The number of aryl methyl sites for hydroxylation is 1. The van der Waals surface area contributed by atoms with Gasteiger partial charge in [0.1, 0.15) is 0 Å². The number of urea groups is 1. The quantitative estimate of drug-likeness (QED) is 0.914. The molecule has 0 radical (unpaired) electrons. The number of hydrogen-bond acceptors (Lipinski definition) is 2. The molecule has 2 fully saturated rings. The minimum atomic E-state index is -0.369. The summed E-state index contributed by atoms with van der Waals surface area (Å²) in [5.74, 6) is 0.228. The summed E-state index contributed by atoms with van der Waals surface area (Å²) in [7, 11) is 0. The maximum atomic E-state index is 13.2. The van der Waals surface area contributed by atoms with E-state index in [4.69, 9.17) is 0 Å². The number of carbonyl (C=O) groups is 2. The van der Waals surface area contributed by atoms with Crippen molar-refractivity contribution < 1.29 is 9.59 Å². The van der Waals surface area contributed by atoms with Crippen molar-refractivity contribution in [2.45, 2.75) is 46.1 Å². The van der Waals surface area contributed by atoms with E-state index >= 15 is 0 Å². The number of rotatable bonds is 4. The van der Waals surface area contributed by atoms with Crippen LogP contribution in [0.5, 0.6) is 0 Å². The maximum Gasteiger partial charge on any atom is 0.317 e. The fraction of sp³-hybridized carbons (Fsp3) is 0.600. The van der Waals surface area contributed by atoms with Crippen LogP contribution in [0, 0.1) is 12.3 Å². The number of piperidine rings is 1. The molecule has 1 N–H and O–H groups in total. The first-order valence-electron chi connectivity index (χ1n) is 9.42. The van der Waals surface area contributed by atoms with Crippen molar-refractivity contribution in [3.63, 3.8) is 0 Å². The van der Waals surface area contributed by atoms with Crippen LogP contribution in [0.15, 0.2) is 24.3 Å². The molecule has 2 heterocycles. The van der Waals surface area contributed by atoms with Gasteiger partial charge in [-0.1, -0.05) is 36.8 Å². The average Bonchev–Trinajstić information content (AvgIpc) is 3.02. The van der Waals surface area contributed by atoms with Gasteiger partial charge in [-0.15, -0.1) is 0 Å². The number of hydrogen-bond donors (Lipinski definition) is 1. The summed E-state index contributed by atoms with van der Waals surface area (Å²) >= 11 is 0. The number of benzene rings is 1. The van der Waals surface area contributed by atoms with Crippen molar-refractivity contribution in [1.82, 2.24) is 15.1 Å². The van der Waals surface area contributed by atoms with Crippen molar-refractivity contribution in [1.29, 1.82) is 0 Å². The Balaban J connectivity index is 1.67. The third-order valence-electron chi connectivity index (χ3n) is 5.45. The topological polar surface area (TPSA) is 52.7 Å². The highest BCUT2D eigenvalue weighted by molar-refractivity contribution is 5.85. The standard InChI is InChI=1S/C20H29N3O2/c1-3-10-21-19(25)23-12-9-20(15-23)8-5-11-22(18(20)24)14-17-7-4-6-16(2)13-17/h4,6-7,13H,3,5,8-12,14-15H2,1-2H3,(H,21,25)/t20-/m0/s1. The number of nitrogens with one attached hydrogen (secondary N) is 1. The summed E-state index contributed by atoms with van der Waals surface area (Å²) in [6.07, 6.45) is 3.62. The van der Waals surface area contributed by atoms with Crippen LogP contribution in [0.25, 0.3) is 0 Å². The lowest BCUT2D eigenvalue weighted by Crippen LogP contribution is -2.50. The molecule has 136 valence electrons. The molecule has 0 saturated carbocycles. The highest BCUT2D eigenvalue weighted by Crippen LogP contribution is 2.40. The van der Waals surface area contributed by atoms with Crippen LogP contribution in [0.2, 0.25) is 0 Å². The monoisotopic (exact) mass is 343 g/mol. The van der Waals surface area contributed by atoms with Crippen LogP contribution in [-0.2, 0) is 11.3 Å². The predicted molar refractivity (Wildman–Crippen MR) is 98.1 cm³/mol. The Hall–Kier alpha value is -2.04. The van der Waals surface area contributed by atoms with Gasteiger partial charge in [-0.05, 0) is 38.2 Å². The fourth-order valence-corrected chi connectivity index (χ4v) is 4.10. The van der Waals surface area contributed by atoms with E-state index in [1.54, 1.807) is 0 Å². The molecular formula is C20H29N3O2. The molecule has 0 bridgehead atoms. The van der Waals surface area contributed by atoms with Gasteiger partial charge in [0.25, 0.3) is 0 Å². The normalized spacial score (nSPS) is 23.4. The lowest BCUT2D eigenvalue weighted by Gasteiger charge is -2.39. The summed E-state index contributed by atoms with van der Waals surface area (Å²) in [6.45, 7) is 7.54. The fourth-order valence-electron chi connectivity index (χ4n) is 4.10.